The summed E-state index contributed by atoms with van der Waals surface area (Å²) in [7, 11) is 2.17. The zero-order valence-corrected chi connectivity index (χ0v) is 12.7. The Morgan fingerprint density at radius 3 is 2.53 bits per heavy atom. The van der Waals surface area contributed by atoms with Gasteiger partial charge in [-0.25, -0.2) is 0 Å². The second-order valence-corrected chi connectivity index (χ2v) is 5.52. The molecular weight excluding hydrogens is 240 g/mol. The number of carbonyl (C=O) groups is 1. The van der Waals surface area contributed by atoms with E-state index in [1.54, 1.807) is 0 Å². The molecule has 19 heavy (non-hydrogen) atoms. The first-order valence-electron chi connectivity index (χ1n) is 7.52. The fraction of sp³-hybridized carbons (Fsp3) is 0.929. The molecule has 0 bridgehead atoms. The Kier molecular flexibility index (Phi) is 8.02. The molecule has 112 valence electrons. The molecule has 0 spiro atoms. The van der Waals surface area contributed by atoms with E-state index < -0.39 is 0 Å². The van der Waals surface area contributed by atoms with Crippen molar-refractivity contribution in [3.63, 3.8) is 0 Å². The summed E-state index contributed by atoms with van der Waals surface area (Å²) in [5.41, 5.74) is 0. The highest BCUT2D eigenvalue weighted by Crippen LogP contribution is 1.97. The minimum absolute atomic E-state index is 0.154. The SMILES string of the molecule is CCC(C)NC(=O)CCNCCN1CCN(C)CC1. The van der Waals surface area contributed by atoms with E-state index in [9.17, 15) is 4.79 Å². The fourth-order valence-corrected chi connectivity index (χ4v) is 2.08. The number of nitrogens with zero attached hydrogens (tertiary/aromatic N) is 2. The highest BCUT2D eigenvalue weighted by atomic mass is 16.1. The van der Waals surface area contributed by atoms with E-state index in [1.807, 2.05) is 6.92 Å². The fourth-order valence-electron chi connectivity index (χ4n) is 2.08. The van der Waals surface area contributed by atoms with Crippen LogP contribution in [0.15, 0.2) is 0 Å². The van der Waals surface area contributed by atoms with Gasteiger partial charge in [0, 0.05) is 58.3 Å². The summed E-state index contributed by atoms with van der Waals surface area (Å²) in [5, 5.41) is 6.33. The Labute approximate surface area is 117 Å². The van der Waals surface area contributed by atoms with Gasteiger partial charge in [-0.1, -0.05) is 6.92 Å². The average molecular weight is 270 g/mol. The third kappa shape index (κ3) is 7.50. The van der Waals surface area contributed by atoms with Crippen LogP contribution >= 0.6 is 0 Å². The topological polar surface area (TPSA) is 47.6 Å². The summed E-state index contributed by atoms with van der Waals surface area (Å²) in [4.78, 5) is 16.4. The van der Waals surface area contributed by atoms with Gasteiger partial charge < -0.3 is 15.5 Å². The van der Waals surface area contributed by atoms with Gasteiger partial charge in [-0.05, 0) is 20.4 Å². The maximum absolute atomic E-state index is 11.5. The van der Waals surface area contributed by atoms with Crippen molar-refractivity contribution in [2.45, 2.75) is 32.7 Å². The molecule has 0 aromatic carbocycles. The predicted octanol–water partition coefficient (Wildman–Crippen LogP) is 0.128. The molecule has 1 heterocycles. The molecule has 0 aromatic heterocycles. The van der Waals surface area contributed by atoms with Crippen LogP contribution in [0.2, 0.25) is 0 Å². The average Bonchev–Trinajstić information content (AvgIpc) is 2.40. The van der Waals surface area contributed by atoms with Crippen molar-refractivity contribution in [2.24, 2.45) is 0 Å². The van der Waals surface area contributed by atoms with Crippen LogP contribution in [0.4, 0.5) is 0 Å². The van der Waals surface area contributed by atoms with Crippen LogP contribution < -0.4 is 10.6 Å². The lowest BCUT2D eigenvalue weighted by molar-refractivity contribution is -0.121. The first-order chi connectivity index (χ1) is 9.11. The molecule has 1 atom stereocenters. The van der Waals surface area contributed by atoms with Gasteiger partial charge in [-0.3, -0.25) is 9.69 Å². The Hall–Kier alpha value is -0.650. The normalized spacial score (nSPS) is 19.3. The van der Waals surface area contributed by atoms with Gasteiger partial charge in [0.15, 0.2) is 0 Å². The highest BCUT2D eigenvalue weighted by molar-refractivity contribution is 5.76. The van der Waals surface area contributed by atoms with Gasteiger partial charge in [-0.15, -0.1) is 0 Å². The zero-order valence-electron chi connectivity index (χ0n) is 12.7. The molecule has 0 aromatic rings. The zero-order chi connectivity index (χ0) is 14.1. The minimum Gasteiger partial charge on any atom is -0.354 e. The highest BCUT2D eigenvalue weighted by Gasteiger charge is 2.12. The van der Waals surface area contributed by atoms with Gasteiger partial charge in [-0.2, -0.15) is 0 Å². The smallest absolute Gasteiger partial charge is 0.221 e. The minimum atomic E-state index is 0.154. The van der Waals surface area contributed by atoms with Crippen molar-refractivity contribution < 1.29 is 4.79 Å². The van der Waals surface area contributed by atoms with Crippen molar-refractivity contribution in [1.29, 1.82) is 0 Å². The number of carbonyl (C=O) groups excluding carboxylic acids is 1. The van der Waals surface area contributed by atoms with E-state index in [0.717, 1.165) is 52.2 Å². The lowest BCUT2D eigenvalue weighted by atomic mass is 10.2. The van der Waals surface area contributed by atoms with Crippen LogP contribution in [0.3, 0.4) is 0 Å². The summed E-state index contributed by atoms with van der Waals surface area (Å²) in [6.07, 6.45) is 1.57. The standard InChI is InChI=1S/C14H30N4O/c1-4-13(2)16-14(19)5-6-15-7-8-18-11-9-17(3)10-12-18/h13,15H,4-12H2,1-3H3,(H,16,19). The molecule has 1 rings (SSSR count). The molecule has 1 aliphatic heterocycles. The van der Waals surface area contributed by atoms with E-state index in [-0.39, 0.29) is 11.9 Å². The van der Waals surface area contributed by atoms with Crippen molar-refractivity contribution in [2.75, 3.05) is 52.9 Å². The lowest BCUT2D eigenvalue weighted by Crippen LogP contribution is -2.46. The molecule has 0 radical (unpaired) electrons. The third-order valence-corrected chi connectivity index (χ3v) is 3.75. The van der Waals surface area contributed by atoms with E-state index in [2.05, 4.69) is 34.4 Å². The van der Waals surface area contributed by atoms with Crippen molar-refractivity contribution in [3.8, 4) is 0 Å². The Bertz CT molecular complexity index is 252. The predicted molar refractivity (Wildman–Crippen MR) is 79.3 cm³/mol. The summed E-state index contributed by atoms with van der Waals surface area (Å²) in [6.45, 7) is 11.6. The number of likely N-dealkylation sites (N-methyl/N-ethyl adjacent to an activating group) is 1. The summed E-state index contributed by atoms with van der Waals surface area (Å²) in [6, 6.07) is 0.290. The number of hydrogen-bond acceptors (Lipinski definition) is 4. The van der Waals surface area contributed by atoms with Gasteiger partial charge >= 0.3 is 0 Å². The van der Waals surface area contributed by atoms with Gasteiger partial charge in [0.2, 0.25) is 5.91 Å². The summed E-state index contributed by atoms with van der Waals surface area (Å²) < 4.78 is 0. The number of hydrogen-bond donors (Lipinski definition) is 2. The number of amides is 1. The van der Waals surface area contributed by atoms with Crippen LogP contribution in [0.25, 0.3) is 0 Å². The number of nitrogens with one attached hydrogen (secondary N) is 2. The molecule has 1 aliphatic rings. The van der Waals surface area contributed by atoms with Crippen LogP contribution in [0.5, 0.6) is 0 Å². The lowest BCUT2D eigenvalue weighted by Gasteiger charge is -2.32. The Morgan fingerprint density at radius 1 is 1.21 bits per heavy atom. The van der Waals surface area contributed by atoms with E-state index in [4.69, 9.17) is 0 Å². The number of piperazine rings is 1. The molecule has 1 fully saturated rings. The van der Waals surface area contributed by atoms with Crippen LogP contribution in [-0.4, -0.2) is 74.6 Å². The van der Waals surface area contributed by atoms with Gasteiger partial charge in [0.1, 0.15) is 0 Å². The summed E-state index contributed by atoms with van der Waals surface area (Å²) in [5.74, 6) is 0.154. The molecule has 0 saturated carbocycles. The van der Waals surface area contributed by atoms with Crippen LogP contribution in [-0.2, 0) is 4.79 Å². The Balaban J connectivity index is 1.95. The molecule has 5 heteroatoms. The molecule has 1 amide bonds. The first-order valence-corrected chi connectivity index (χ1v) is 7.52. The quantitative estimate of drug-likeness (QED) is 0.616. The van der Waals surface area contributed by atoms with E-state index >= 15 is 0 Å². The molecular formula is C14H30N4O. The maximum Gasteiger partial charge on any atom is 0.221 e. The van der Waals surface area contributed by atoms with Crippen LogP contribution in [0, 0.1) is 0 Å². The molecule has 0 aliphatic carbocycles. The largest absolute Gasteiger partial charge is 0.354 e. The molecule has 1 unspecified atom stereocenters. The molecule has 5 nitrogen and oxygen atoms in total. The van der Waals surface area contributed by atoms with E-state index in [0.29, 0.717) is 6.42 Å². The number of rotatable bonds is 8. The van der Waals surface area contributed by atoms with E-state index in [1.165, 1.54) is 0 Å². The Morgan fingerprint density at radius 2 is 1.89 bits per heavy atom. The monoisotopic (exact) mass is 270 g/mol. The third-order valence-electron chi connectivity index (χ3n) is 3.75. The van der Waals surface area contributed by atoms with Crippen molar-refractivity contribution in [3.05, 3.63) is 0 Å². The van der Waals surface area contributed by atoms with Crippen molar-refractivity contribution in [1.82, 2.24) is 20.4 Å². The van der Waals surface area contributed by atoms with Gasteiger partial charge in [0.05, 0.1) is 0 Å². The molecule has 1 saturated heterocycles. The molecule has 2 N–H and O–H groups in total. The second kappa shape index (κ2) is 9.28. The van der Waals surface area contributed by atoms with Crippen molar-refractivity contribution >= 4 is 5.91 Å². The first kappa shape index (κ1) is 16.4. The van der Waals surface area contributed by atoms with Crippen LogP contribution in [0.1, 0.15) is 26.7 Å². The second-order valence-electron chi connectivity index (χ2n) is 5.52. The summed E-state index contributed by atoms with van der Waals surface area (Å²) >= 11 is 0. The van der Waals surface area contributed by atoms with Gasteiger partial charge in [0.25, 0.3) is 0 Å². The maximum atomic E-state index is 11.5.